The van der Waals surface area contributed by atoms with Gasteiger partial charge in [-0.05, 0) is 37.1 Å². The number of carbonyl (C=O) groups is 2. The Morgan fingerprint density at radius 1 is 1.16 bits per heavy atom. The van der Waals surface area contributed by atoms with E-state index in [4.69, 9.17) is 9.15 Å². The number of allylic oxidation sites excluding steroid dienone is 2. The Morgan fingerprint density at radius 3 is 2.80 bits per heavy atom. The lowest BCUT2D eigenvalue weighted by Crippen LogP contribution is -2.40. The molecule has 2 aliphatic rings. The second-order valence-corrected chi connectivity index (χ2v) is 6.34. The summed E-state index contributed by atoms with van der Waals surface area (Å²) in [7, 11) is 1.60. The third-order valence-electron chi connectivity index (χ3n) is 4.87. The maximum atomic E-state index is 13.0. The van der Waals surface area contributed by atoms with E-state index in [0.717, 1.165) is 23.4 Å². The number of ether oxygens (including phenoxy) is 1. The third-order valence-corrected chi connectivity index (χ3v) is 4.87. The van der Waals surface area contributed by atoms with Crippen LogP contribution in [-0.4, -0.2) is 18.8 Å². The molecule has 0 N–H and O–H groups in total. The topological polar surface area (TPSA) is 59.8 Å². The van der Waals surface area contributed by atoms with Crippen LogP contribution in [0.4, 0.5) is 5.69 Å². The van der Waals surface area contributed by atoms with Crippen molar-refractivity contribution in [3.8, 4) is 5.75 Å². The lowest BCUT2D eigenvalue weighted by Gasteiger charge is -2.37. The molecule has 0 spiro atoms. The summed E-state index contributed by atoms with van der Waals surface area (Å²) in [5.41, 5.74) is 2.27. The van der Waals surface area contributed by atoms with Crippen molar-refractivity contribution in [1.29, 1.82) is 0 Å². The average molecular weight is 337 g/mol. The minimum absolute atomic E-state index is 0.0249. The number of nitrogens with zero attached hydrogens (tertiary/aromatic N) is 1. The van der Waals surface area contributed by atoms with E-state index in [-0.39, 0.29) is 24.0 Å². The minimum atomic E-state index is -0.285. The van der Waals surface area contributed by atoms with Gasteiger partial charge >= 0.3 is 0 Å². The largest absolute Gasteiger partial charge is 0.497 e. The average Bonchev–Trinajstić information content (AvgIpc) is 3.15. The maximum absolute atomic E-state index is 13.0. The van der Waals surface area contributed by atoms with Crippen molar-refractivity contribution in [2.45, 2.75) is 31.6 Å². The SMILES string of the molecule is COc1cccc(N2C(=O)CC(c3ccco3)C3=C2CCCC3=O)c1. The summed E-state index contributed by atoms with van der Waals surface area (Å²) in [6.45, 7) is 0. The van der Waals surface area contributed by atoms with Crippen molar-refractivity contribution >= 4 is 17.4 Å². The highest BCUT2D eigenvalue weighted by molar-refractivity contribution is 6.07. The fourth-order valence-electron chi connectivity index (χ4n) is 3.77. The van der Waals surface area contributed by atoms with Crippen molar-refractivity contribution < 1.29 is 18.7 Å². The smallest absolute Gasteiger partial charge is 0.232 e. The number of Topliss-reactive ketones (excluding diaryl/α,β-unsaturated/α-hetero) is 1. The molecule has 1 aliphatic carbocycles. The highest BCUT2D eigenvalue weighted by atomic mass is 16.5. The molecular formula is C20H19NO4. The number of amides is 1. The third kappa shape index (κ3) is 2.65. The number of methoxy groups -OCH3 is 1. The summed E-state index contributed by atoms with van der Waals surface area (Å²) in [4.78, 5) is 27.3. The molecule has 0 saturated heterocycles. The van der Waals surface area contributed by atoms with Crippen LogP contribution in [0.3, 0.4) is 0 Å². The summed E-state index contributed by atoms with van der Waals surface area (Å²) in [5, 5.41) is 0. The number of furan rings is 1. The van der Waals surface area contributed by atoms with E-state index in [1.165, 1.54) is 0 Å². The normalized spacial score (nSPS) is 20.7. The van der Waals surface area contributed by atoms with Crippen LogP contribution in [0.1, 0.15) is 37.4 Å². The molecule has 4 rings (SSSR count). The van der Waals surface area contributed by atoms with Crippen LogP contribution in [0.15, 0.2) is 58.3 Å². The quantitative estimate of drug-likeness (QED) is 0.854. The van der Waals surface area contributed by atoms with Gasteiger partial charge in [0.25, 0.3) is 0 Å². The number of hydrogen-bond acceptors (Lipinski definition) is 4. The number of carbonyl (C=O) groups excluding carboxylic acids is 2. The monoisotopic (exact) mass is 337 g/mol. The van der Waals surface area contributed by atoms with Crippen LogP contribution in [-0.2, 0) is 9.59 Å². The fourth-order valence-corrected chi connectivity index (χ4v) is 3.77. The van der Waals surface area contributed by atoms with Crippen LogP contribution in [0, 0.1) is 0 Å². The van der Waals surface area contributed by atoms with E-state index in [1.54, 1.807) is 24.3 Å². The number of rotatable bonds is 3. The van der Waals surface area contributed by atoms with Gasteiger partial charge in [0, 0.05) is 30.2 Å². The second-order valence-electron chi connectivity index (χ2n) is 6.34. The first-order valence-corrected chi connectivity index (χ1v) is 8.45. The van der Waals surface area contributed by atoms with Crippen molar-refractivity contribution in [3.05, 3.63) is 59.7 Å². The molecule has 0 bridgehead atoms. The molecule has 2 aromatic rings. The van der Waals surface area contributed by atoms with E-state index >= 15 is 0 Å². The van der Waals surface area contributed by atoms with E-state index in [1.807, 2.05) is 30.3 Å². The Kier molecular flexibility index (Phi) is 3.92. The maximum Gasteiger partial charge on any atom is 0.232 e. The molecule has 1 amide bonds. The molecule has 0 saturated carbocycles. The van der Waals surface area contributed by atoms with Crippen LogP contribution in [0.25, 0.3) is 0 Å². The Morgan fingerprint density at radius 2 is 2.04 bits per heavy atom. The molecule has 2 heterocycles. The van der Waals surface area contributed by atoms with Crippen molar-refractivity contribution in [2.24, 2.45) is 0 Å². The lowest BCUT2D eigenvalue weighted by molar-refractivity contribution is -0.120. The first kappa shape index (κ1) is 15.7. The summed E-state index contributed by atoms with van der Waals surface area (Å²) in [6.07, 6.45) is 3.81. The van der Waals surface area contributed by atoms with Gasteiger partial charge in [0.05, 0.1) is 25.0 Å². The van der Waals surface area contributed by atoms with Gasteiger partial charge < -0.3 is 9.15 Å². The van der Waals surface area contributed by atoms with Crippen molar-refractivity contribution in [1.82, 2.24) is 0 Å². The molecule has 1 aromatic heterocycles. The van der Waals surface area contributed by atoms with Gasteiger partial charge in [-0.1, -0.05) is 6.07 Å². The zero-order valence-corrected chi connectivity index (χ0v) is 14.0. The first-order chi connectivity index (χ1) is 12.2. The van der Waals surface area contributed by atoms with Gasteiger partial charge in [-0.2, -0.15) is 0 Å². The molecule has 0 radical (unpaired) electrons. The standard InChI is InChI=1S/C20H19NO4/c1-24-14-6-2-5-13(11-14)21-16-7-3-8-17(22)20(16)15(12-19(21)23)18-9-4-10-25-18/h2,4-6,9-11,15H,3,7-8,12H2,1H3. The van der Waals surface area contributed by atoms with Crippen molar-refractivity contribution in [3.63, 3.8) is 0 Å². The summed E-state index contributed by atoms with van der Waals surface area (Å²) in [5.74, 6) is 1.17. The van der Waals surface area contributed by atoms with Gasteiger partial charge in [-0.25, -0.2) is 0 Å². The highest BCUT2D eigenvalue weighted by Crippen LogP contribution is 2.43. The minimum Gasteiger partial charge on any atom is -0.497 e. The van der Waals surface area contributed by atoms with Crippen LogP contribution >= 0.6 is 0 Å². The van der Waals surface area contributed by atoms with Gasteiger partial charge in [0.2, 0.25) is 5.91 Å². The lowest BCUT2D eigenvalue weighted by atomic mass is 9.79. The highest BCUT2D eigenvalue weighted by Gasteiger charge is 2.40. The molecule has 1 aromatic carbocycles. The molecule has 5 nitrogen and oxygen atoms in total. The van der Waals surface area contributed by atoms with Gasteiger partial charge in [0.1, 0.15) is 11.5 Å². The summed E-state index contributed by atoms with van der Waals surface area (Å²) >= 11 is 0. The molecule has 1 aliphatic heterocycles. The predicted molar refractivity (Wildman–Crippen MR) is 92.4 cm³/mol. The zero-order chi connectivity index (χ0) is 17.4. The fraction of sp³-hybridized carbons (Fsp3) is 0.300. The van der Waals surface area contributed by atoms with E-state index in [9.17, 15) is 9.59 Å². The number of hydrogen-bond donors (Lipinski definition) is 0. The number of anilines is 1. The van der Waals surface area contributed by atoms with Gasteiger partial charge in [-0.15, -0.1) is 0 Å². The molecule has 25 heavy (non-hydrogen) atoms. The summed E-state index contributed by atoms with van der Waals surface area (Å²) < 4.78 is 10.8. The zero-order valence-electron chi connectivity index (χ0n) is 14.0. The Bertz CT molecular complexity index is 850. The molecule has 128 valence electrons. The summed E-state index contributed by atoms with van der Waals surface area (Å²) in [6, 6.07) is 11.0. The van der Waals surface area contributed by atoms with E-state index < -0.39 is 0 Å². The molecule has 0 fully saturated rings. The van der Waals surface area contributed by atoms with Gasteiger partial charge in [-0.3, -0.25) is 14.5 Å². The van der Waals surface area contributed by atoms with Crippen LogP contribution < -0.4 is 9.64 Å². The van der Waals surface area contributed by atoms with E-state index in [2.05, 4.69) is 0 Å². The molecule has 1 atom stereocenters. The predicted octanol–water partition coefficient (Wildman–Crippen LogP) is 3.82. The molecule has 1 unspecified atom stereocenters. The van der Waals surface area contributed by atoms with E-state index in [0.29, 0.717) is 24.4 Å². The van der Waals surface area contributed by atoms with Crippen LogP contribution in [0.5, 0.6) is 5.75 Å². The number of benzene rings is 1. The Hall–Kier alpha value is -2.82. The van der Waals surface area contributed by atoms with Crippen molar-refractivity contribution in [2.75, 3.05) is 12.0 Å². The molecule has 5 heteroatoms. The Balaban J connectivity index is 1.85. The first-order valence-electron chi connectivity index (χ1n) is 8.45. The second kappa shape index (κ2) is 6.24. The number of ketones is 1. The van der Waals surface area contributed by atoms with Gasteiger partial charge in [0.15, 0.2) is 5.78 Å². The Labute approximate surface area is 145 Å². The molecular weight excluding hydrogens is 318 g/mol. The van der Waals surface area contributed by atoms with Crippen LogP contribution in [0.2, 0.25) is 0 Å².